The molecule has 1 aromatic carbocycles. The van der Waals surface area contributed by atoms with Crippen molar-refractivity contribution in [3.05, 3.63) is 29.6 Å². The average molecular weight is 197 g/mol. The maximum absolute atomic E-state index is 13.3. The quantitative estimate of drug-likeness (QED) is 0.798. The molecule has 0 aliphatic heterocycles. The molecular weight excluding hydrogens is 181 g/mol. The van der Waals surface area contributed by atoms with Crippen molar-refractivity contribution in [3.63, 3.8) is 0 Å². The third-order valence-electron chi connectivity index (χ3n) is 2.26. The molecule has 1 atom stereocenters. The summed E-state index contributed by atoms with van der Waals surface area (Å²) >= 11 is 0. The Hall–Kier alpha value is -1.09. The van der Waals surface area contributed by atoms with E-state index in [2.05, 4.69) is 12.2 Å². The molecule has 78 valence electrons. The minimum absolute atomic E-state index is 0.297. The molecule has 0 fully saturated rings. The van der Waals surface area contributed by atoms with Gasteiger partial charge in [-0.15, -0.1) is 0 Å². The Bertz CT molecular complexity index is 301. The minimum atomic E-state index is -0.298. The molecule has 1 aromatic rings. The van der Waals surface area contributed by atoms with Crippen LogP contribution >= 0.6 is 0 Å². The maximum atomic E-state index is 13.3. The Kier molecular flexibility index (Phi) is 3.89. The van der Waals surface area contributed by atoms with Gasteiger partial charge in [0, 0.05) is 6.54 Å². The summed E-state index contributed by atoms with van der Waals surface area (Å²) in [6.45, 7) is 2.89. The van der Waals surface area contributed by atoms with E-state index in [0.717, 1.165) is 12.1 Å². The highest BCUT2D eigenvalue weighted by Crippen LogP contribution is 2.22. The summed E-state index contributed by atoms with van der Waals surface area (Å²) in [4.78, 5) is 0. The van der Waals surface area contributed by atoms with Crippen LogP contribution in [0.3, 0.4) is 0 Å². The van der Waals surface area contributed by atoms with Crippen molar-refractivity contribution in [2.75, 3.05) is 20.7 Å². The van der Waals surface area contributed by atoms with Gasteiger partial charge in [-0.3, -0.25) is 0 Å². The number of rotatable bonds is 4. The highest BCUT2D eigenvalue weighted by Gasteiger charge is 2.08. The van der Waals surface area contributed by atoms with E-state index >= 15 is 0 Å². The predicted octanol–water partition coefficient (Wildman–Crippen LogP) is 2.16. The number of hydrogen-bond donors (Lipinski definition) is 1. The Morgan fingerprint density at radius 3 is 2.71 bits per heavy atom. The molecule has 0 aromatic heterocycles. The second kappa shape index (κ2) is 4.96. The van der Waals surface area contributed by atoms with E-state index in [9.17, 15) is 4.39 Å². The van der Waals surface area contributed by atoms with Crippen LogP contribution in [0.5, 0.6) is 5.75 Å². The molecule has 3 heteroatoms. The second-order valence-electron chi connectivity index (χ2n) is 3.35. The summed E-state index contributed by atoms with van der Waals surface area (Å²) in [6, 6.07) is 5.08. The first-order valence-corrected chi connectivity index (χ1v) is 4.67. The van der Waals surface area contributed by atoms with Crippen molar-refractivity contribution in [3.8, 4) is 5.75 Å². The van der Waals surface area contributed by atoms with Gasteiger partial charge in [-0.2, -0.15) is 0 Å². The van der Waals surface area contributed by atoms with Gasteiger partial charge in [-0.05, 0) is 30.7 Å². The van der Waals surface area contributed by atoms with Crippen LogP contribution in [-0.2, 0) is 0 Å². The van der Waals surface area contributed by atoms with Crippen molar-refractivity contribution in [2.45, 2.75) is 12.8 Å². The highest BCUT2D eigenvalue weighted by atomic mass is 19.1. The molecule has 0 bridgehead atoms. The molecule has 0 saturated heterocycles. The van der Waals surface area contributed by atoms with Crippen molar-refractivity contribution >= 4 is 0 Å². The Balaban J connectivity index is 2.85. The molecule has 0 aliphatic rings. The zero-order chi connectivity index (χ0) is 10.6. The van der Waals surface area contributed by atoms with E-state index in [1.165, 1.54) is 13.2 Å². The Labute approximate surface area is 84.1 Å². The number of nitrogens with one attached hydrogen (secondary N) is 1. The van der Waals surface area contributed by atoms with Gasteiger partial charge in [-0.1, -0.05) is 13.0 Å². The first-order valence-electron chi connectivity index (χ1n) is 4.67. The summed E-state index contributed by atoms with van der Waals surface area (Å²) in [6.07, 6.45) is 0. The van der Waals surface area contributed by atoms with Crippen molar-refractivity contribution in [1.82, 2.24) is 5.32 Å². The predicted molar refractivity (Wildman–Crippen MR) is 55.3 cm³/mol. The first-order chi connectivity index (χ1) is 6.69. The van der Waals surface area contributed by atoms with E-state index in [1.54, 1.807) is 6.07 Å². The van der Waals surface area contributed by atoms with E-state index < -0.39 is 0 Å². The molecule has 0 saturated carbocycles. The van der Waals surface area contributed by atoms with E-state index in [4.69, 9.17) is 4.74 Å². The smallest absolute Gasteiger partial charge is 0.165 e. The molecule has 1 rings (SSSR count). The normalized spacial score (nSPS) is 12.6. The summed E-state index contributed by atoms with van der Waals surface area (Å²) in [5.41, 5.74) is 0.984. The molecule has 0 radical (unpaired) electrons. The zero-order valence-electron chi connectivity index (χ0n) is 8.80. The number of benzene rings is 1. The summed E-state index contributed by atoms with van der Waals surface area (Å²) in [5, 5.41) is 3.06. The van der Waals surface area contributed by atoms with Gasteiger partial charge >= 0.3 is 0 Å². The lowest BCUT2D eigenvalue weighted by Gasteiger charge is -2.12. The van der Waals surface area contributed by atoms with Crippen LogP contribution in [0.4, 0.5) is 4.39 Å². The molecular formula is C11H16FNO. The molecule has 14 heavy (non-hydrogen) atoms. The lowest BCUT2D eigenvalue weighted by atomic mass is 10.0. The fourth-order valence-electron chi connectivity index (χ4n) is 1.41. The van der Waals surface area contributed by atoms with E-state index in [0.29, 0.717) is 11.7 Å². The van der Waals surface area contributed by atoms with Crippen molar-refractivity contribution in [2.24, 2.45) is 0 Å². The lowest BCUT2D eigenvalue weighted by Crippen LogP contribution is -2.14. The number of ether oxygens (including phenoxy) is 1. The molecule has 0 amide bonds. The van der Waals surface area contributed by atoms with Gasteiger partial charge in [0.2, 0.25) is 0 Å². The number of hydrogen-bond acceptors (Lipinski definition) is 2. The standard InChI is InChI=1S/C11H16FNO/c1-8(7-13-2)9-4-5-11(14-3)10(12)6-9/h4-6,8,13H,7H2,1-3H3. The Morgan fingerprint density at radius 2 is 2.21 bits per heavy atom. The Morgan fingerprint density at radius 1 is 1.50 bits per heavy atom. The van der Waals surface area contributed by atoms with Crippen LogP contribution in [0.15, 0.2) is 18.2 Å². The zero-order valence-corrected chi connectivity index (χ0v) is 8.80. The van der Waals surface area contributed by atoms with E-state index in [1.807, 2.05) is 13.1 Å². The first kappa shape index (κ1) is 11.0. The van der Waals surface area contributed by atoms with Gasteiger partial charge in [0.1, 0.15) is 0 Å². The van der Waals surface area contributed by atoms with E-state index in [-0.39, 0.29) is 5.82 Å². The molecule has 1 N–H and O–H groups in total. The van der Waals surface area contributed by atoms with Gasteiger partial charge in [-0.25, -0.2) is 4.39 Å². The third-order valence-corrected chi connectivity index (χ3v) is 2.26. The van der Waals surface area contributed by atoms with Crippen LogP contribution in [-0.4, -0.2) is 20.7 Å². The van der Waals surface area contributed by atoms with Crippen LogP contribution in [0.25, 0.3) is 0 Å². The second-order valence-corrected chi connectivity index (χ2v) is 3.35. The largest absolute Gasteiger partial charge is 0.494 e. The highest BCUT2D eigenvalue weighted by molar-refractivity contribution is 5.31. The summed E-state index contributed by atoms with van der Waals surface area (Å²) in [5.74, 6) is 0.304. The topological polar surface area (TPSA) is 21.3 Å². The molecule has 2 nitrogen and oxygen atoms in total. The monoisotopic (exact) mass is 197 g/mol. The third kappa shape index (κ3) is 2.45. The summed E-state index contributed by atoms with van der Waals surface area (Å²) in [7, 11) is 3.35. The summed E-state index contributed by atoms with van der Waals surface area (Å²) < 4.78 is 18.2. The fraction of sp³-hybridized carbons (Fsp3) is 0.455. The van der Waals surface area contributed by atoms with Gasteiger partial charge in [0.05, 0.1) is 7.11 Å². The van der Waals surface area contributed by atoms with Crippen molar-refractivity contribution < 1.29 is 9.13 Å². The van der Waals surface area contributed by atoms with Crippen LogP contribution in [0.2, 0.25) is 0 Å². The lowest BCUT2D eigenvalue weighted by molar-refractivity contribution is 0.386. The van der Waals surface area contributed by atoms with Crippen molar-refractivity contribution in [1.29, 1.82) is 0 Å². The van der Waals surface area contributed by atoms with Gasteiger partial charge in [0.15, 0.2) is 11.6 Å². The number of methoxy groups -OCH3 is 1. The SMILES string of the molecule is CNCC(C)c1ccc(OC)c(F)c1. The minimum Gasteiger partial charge on any atom is -0.494 e. The average Bonchev–Trinajstić information content (AvgIpc) is 2.18. The molecule has 1 unspecified atom stereocenters. The maximum Gasteiger partial charge on any atom is 0.165 e. The number of likely N-dealkylation sites (N-methyl/N-ethyl adjacent to an activating group) is 1. The van der Waals surface area contributed by atoms with Crippen LogP contribution in [0, 0.1) is 5.82 Å². The van der Waals surface area contributed by atoms with Crippen LogP contribution < -0.4 is 10.1 Å². The number of halogens is 1. The van der Waals surface area contributed by atoms with Gasteiger partial charge < -0.3 is 10.1 Å². The van der Waals surface area contributed by atoms with Crippen LogP contribution in [0.1, 0.15) is 18.4 Å². The molecule has 0 spiro atoms. The fourth-order valence-corrected chi connectivity index (χ4v) is 1.41. The van der Waals surface area contributed by atoms with Gasteiger partial charge in [0.25, 0.3) is 0 Å². The molecule has 0 heterocycles. The molecule has 0 aliphatic carbocycles.